The third kappa shape index (κ3) is 3.59. The summed E-state index contributed by atoms with van der Waals surface area (Å²) in [5.74, 6) is 0.854. The number of aryl methyl sites for hydroxylation is 2. The van der Waals surface area contributed by atoms with Crippen LogP contribution in [0.15, 0.2) is 38.8 Å². The van der Waals surface area contributed by atoms with Crippen molar-refractivity contribution >= 4 is 5.82 Å². The Labute approximate surface area is 159 Å². The average Bonchev–Trinajstić information content (AvgIpc) is 2.62. The molecule has 28 heavy (non-hydrogen) atoms. The van der Waals surface area contributed by atoms with Gasteiger partial charge in [-0.25, -0.2) is 4.79 Å². The van der Waals surface area contributed by atoms with Crippen LogP contribution in [0.1, 0.15) is 36.5 Å². The number of ether oxygens (including phenoxy) is 1. The molecule has 0 saturated carbocycles. The predicted molar refractivity (Wildman–Crippen MR) is 106 cm³/mol. The lowest BCUT2D eigenvalue weighted by Gasteiger charge is -2.15. The van der Waals surface area contributed by atoms with E-state index in [4.69, 9.17) is 10.5 Å². The standard InChI is InChI=1S/C19H21N5O4/c1-9(2)14-7-13(8-21-17(14)25)28-15-10(3)5-12(6-11(15)4)24-19(27)22-18(26)16(20)23-24/h5-9H,1-4H3,(H2,20,23)(H,21,25)(H,22,26,27). The second kappa shape index (κ2) is 7.18. The summed E-state index contributed by atoms with van der Waals surface area (Å²) in [4.78, 5) is 40.2. The van der Waals surface area contributed by atoms with E-state index in [0.717, 1.165) is 15.8 Å². The number of nitrogen functional groups attached to an aromatic ring is 1. The van der Waals surface area contributed by atoms with Crippen molar-refractivity contribution in [1.29, 1.82) is 0 Å². The van der Waals surface area contributed by atoms with E-state index in [1.54, 1.807) is 18.2 Å². The van der Waals surface area contributed by atoms with Crippen molar-refractivity contribution in [3.8, 4) is 17.2 Å². The van der Waals surface area contributed by atoms with E-state index in [0.29, 0.717) is 22.7 Å². The fraction of sp³-hybridized carbons (Fsp3) is 0.263. The molecule has 0 amide bonds. The van der Waals surface area contributed by atoms with Gasteiger partial charge in [-0.3, -0.25) is 14.6 Å². The van der Waals surface area contributed by atoms with E-state index < -0.39 is 11.2 Å². The maximum atomic E-state index is 12.0. The molecule has 0 atom stereocenters. The zero-order chi connectivity index (χ0) is 20.6. The number of rotatable bonds is 4. The first-order valence-corrected chi connectivity index (χ1v) is 8.68. The summed E-state index contributed by atoms with van der Waals surface area (Å²) in [5.41, 5.74) is 6.51. The lowest BCUT2D eigenvalue weighted by atomic mass is 10.1. The monoisotopic (exact) mass is 383 g/mol. The summed E-state index contributed by atoms with van der Waals surface area (Å²) in [5, 5.41) is 3.84. The molecule has 0 saturated heterocycles. The van der Waals surface area contributed by atoms with Crippen molar-refractivity contribution in [2.75, 3.05) is 5.73 Å². The number of aromatic nitrogens is 4. The Morgan fingerprint density at radius 3 is 2.32 bits per heavy atom. The van der Waals surface area contributed by atoms with Gasteiger partial charge in [0.15, 0.2) is 0 Å². The molecule has 0 radical (unpaired) electrons. The maximum Gasteiger partial charge on any atom is 0.349 e. The molecule has 2 aromatic heterocycles. The van der Waals surface area contributed by atoms with Crippen LogP contribution < -0.4 is 27.3 Å². The second-order valence-electron chi connectivity index (χ2n) is 6.84. The molecule has 146 valence electrons. The predicted octanol–water partition coefficient (Wildman–Crippen LogP) is 1.72. The summed E-state index contributed by atoms with van der Waals surface area (Å²) >= 11 is 0. The van der Waals surface area contributed by atoms with Crippen molar-refractivity contribution < 1.29 is 4.74 Å². The van der Waals surface area contributed by atoms with Crippen molar-refractivity contribution in [1.82, 2.24) is 19.7 Å². The highest BCUT2D eigenvalue weighted by Crippen LogP contribution is 2.30. The highest BCUT2D eigenvalue weighted by atomic mass is 16.5. The Balaban J connectivity index is 2.03. The van der Waals surface area contributed by atoms with E-state index in [9.17, 15) is 14.4 Å². The van der Waals surface area contributed by atoms with Gasteiger partial charge < -0.3 is 15.5 Å². The average molecular weight is 383 g/mol. The van der Waals surface area contributed by atoms with Crippen LogP contribution in [-0.2, 0) is 0 Å². The Hall–Kier alpha value is -3.62. The molecule has 9 nitrogen and oxygen atoms in total. The number of anilines is 1. The van der Waals surface area contributed by atoms with Gasteiger partial charge >= 0.3 is 5.69 Å². The van der Waals surface area contributed by atoms with E-state index >= 15 is 0 Å². The Kier molecular flexibility index (Phi) is 4.91. The summed E-state index contributed by atoms with van der Waals surface area (Å²) in [7, 11) is 0. The number of nitrogens with two attached hydrogens (primary N) is 1. The summed E-state index contributed by atoms with van der Waals surface area (Å²) in [6.45, 7) is 7.50. The SMILES string of the molecule is Cc1cc(-n2nc(N)c(=O)[nH]c2=O)cc(C)c1Oc1c[nH]c(=O)c(C(C)C)c1. The first-order chi connectivity index (χ1) is 13.2. The normalized spacial score (nSPS) is 11.0. The Morgan fingerprint density at radius 1 is 1.07 bits per heavy atom. The summed E-state index contributed by atoms with van der Waals surface area (Å²) in [6.07, 6.45) is 1.51. The third-order valence-corrected chi connectivity index (χ3v) is 4.29. The molecule has 4 N–H and O–H groups in total. The minimum absolute atomic E-state index is 0.0560. The molecule has 0 fully saturated rings. The van der Waals surface area contributed by atoms with Gasteiger partial charge in [0.05, 0.1) is 5.69 Å². The van der Waals surface area contributed by atoms with Gasteiger partial charge in [-0.05, 0) is 49.1 Å². The molecule has 3 rings (SSSR count). The highest BCUT2D eigenvalue weighted by Gasteiger charge is 2.13. The highest BCUT2D eigenvalue weighted by molar-refractivity contribution is 5.50. The minimum atomic E-state index is -0.728. The minimum Gasteiger partial charge on any atom is -0.455 e. The topological polar surface area (TPSA) is 136 Å². The van der Waals surface area contributed by atoms with Gasteiger partial charge in [-0.15, -0.1) is 5.10 Å². The van der Waals surface area contributed by atoms with Gasteiger partial charge in [0.2, 0.25) is 5.82 Å². The molecule has 1 aromatic carbocycles. The van der Waals surface area contributed by atoms with Crippen LogP contribution in [-0.4, -0.2) is 19.7 Å². The first kappa shape index (κ1) is 19.2. The number of nitrogens with one attached hydrogen (secondary N) is 2. The van der Waals surface area contributed by atoms with E-state index in [-0.39, 0.29) is 17.3 Å². The van der Waals surface area contributed by atoms with E-state index in [2.05, 4.69) is 15.1 Å². The molecule has 0 aliphatic carbocycles. The van der Waals surface area contributed by atoms with Crippen molar-refractivity contribution in [2.45, 2.75) is 33.6 Å². The van der Waals surface area contributed by atoms with Crippen molar-refractivity contribution in [3.05, 3.63) is 72.3 Å². The lowest BCUT2D eigenvalue weighted by Crippen LogP contribution is -2.33. The molecule has 2 heterocycles. The Morgan fingerprint density at radius 2 is 1.71 bits per heavy atom. The molecule has 0 unspecified atom stereocenters. The van der Waals surface area contributed by atoms with Crippen LogP contribution in [0.4, 0.5) is 5.82 Å². The molecule has 0 bridgehead atoms. The maximum absolute atomic E-state index is 12.0. The van der Waals surface area contributed by atoms with Gasteiger partial charge in [0.25, 0.3) is 11.1 Å². The second-order valence-corrected chi connectivity index (χ2v) is 6.84. The molecule has 3 aromatic rings. The number of benzene rings is 1. The number of aromatic amines is 2. The number of nitrogens with zero attached hydrogens (tertiary/aromatic N) is 2. The van der Waals surface area contributed by atoms with Gasteiger partial charge in [0.1, 0.15) is 11.5 Å². The zero-order valence-electron chi connectivity index (χ0n) is 16.0. The van der Waals surface area contributed by atoms with Gasteiger partial charge in [-0.1, -0.05) is 13.8 Å². The van der Waals surface area contributed by atoms with Gasteiger partial charge in [0, 0.05) is 11.8 Å². The van der Waals surface area contributed by atoms with Crippen LogP contribution in [0.25, 0.3) is 5.69 Å². The quantitative estimate of drug-likeness (QED) is 0.628. The van der Waals surface area contributed by atoms with E-state index in [1.165, 1.54) is 6.20 Å². The smallest absolute Gasteiger partial charge is 0.349 e. The number of H-pyrrole nitrogens is 2. The molecular formula is C19H21N5O4. The van der Waals surface area contributed by atoms with Gasteiger partial charge in [-0.2, -0.15) is 4.68 Å². The first-order valence-electron chi connectivity index (χ1n) is 8.68. The molecule has 0 spiro atoms. The lowest BCUT2D eigenvalue weighted by molar-refractivity contribution is 0.470. The fourth-order valence-electron chi connectivity index (χ4n) is 2.88. The largest absolute Gasteiger partial charge is 0.455 e. The fourth-order valence-corrected chi connectivity index (χ4v) is 2.88. The van der Waals surface area contributed by atoms with Crippen LogP contribution in [0.5, 0.6) is 11.5 Å². The molecular weight excluding hydrogens is 362 g/mol. The van der Waals surface area contributed by atoms with Crippen LogP contribution >= 0.6 is 0 Å². The van der Waals surface area contributed by atoms with Crippen LogP contribution in [0, 0.1) is 13.8 Å². The number of pyridine rings is 1. The summed E-state index contributed by atoms with van der Waals surface area (Å²) in [6, 6.07) is 5.11. The Bertz CT molecular complexity index is 1200. The van der Waals surface area contributed by atoms with Crippen molar-refractivity contribution in [2.24, 2.45) is 0 Å². The molecule has 0 aliphatic heterocycles. The van der Waals surface area contributed by atoms with E-state index in [1.807, 2.05) is 27.7 Å². The van der Waals surface area contributed by atoms with Crippen molar-refractivity contribution in [3.63, 3.8) is 0 Å². The van der Waals surface area contributed by atoms with Crippen LogP contribution in [0.3, 0.4) is 0 Å². The van der Waals surface area contributed by atoms with Crippen LogP contribution in [0.2, 0.25) is 0 Å². The molecule has 0 aliphatic rings. The third-order valence-electron chi connectivity index (χ3n) is 4.29. The zero-order valence-corrected chi connectivity index (χ0v) is 16.0. The number of hydrogen-bond donors (Lipinski definition) is 3. The molecule has 9 heteroatoms. The summed E-state index contributed by atoms with van der Waals surface area (Å²) < 4.78 is 7.01. The number of hydrogen-bond acceptors (Lipinski definition) is 6.